The number of morpholine rings is 1. The number of carbonyl (C=O) groups is 1. The summed E-state index contributed by atoms with van der Waals surface area (Å²) in [6, 6.07) is 0. The Morgan fingerprint density at radius 3 is 3.22 bits per heavy atom. The predicted octanol–water partition coefficient (Wildman–Crippen LogP) is 0.339. The molecule has 0 saturated carbocycles. The predicted molar refractivity (Wildman–Crippen MR) is 80.3 cm³/mol. The molecule has 1 fully saturated rings. The maximum absolute atomic E-state index is 12.3. The number of ether oxygens (including phenoxy) is 1. The quantitative estimate of drug-likeness (QED) is 0.824. The highest BCUT2D eigenvalue weighted by molar-refractivity contribution is 5.76. The highest BCUT2D eigenvalue weighted by Crippen LogP contribution is 2.19. The van der Waals surface area contributed by atoms with Gasteiger partial charge in [-0.3, -0.25) is 14.6 Å². The van der Waals surface area contributed by atoms with E-state index < -0.39 is 0 Å². The molecule has 3 rings (SSSR count). The first kappa shape index (κ1) is 15.6. The summed E-state index contributed by atoms with van der Waals surface area (Å²) in [4.78, 5) is 18.6. The summed E-state index contributed by atoms with van der Waals surface area (Å²) in [5.41, 5.74) is 0. The number of nitrogens with one attached hydrogen (secondary N) is 1. The lowest BCUT2D eigenvalue weighted by Crippen LogP contribution is -2.42. The van der Waals surface area contributed by atoms with E-state index in [-0.39, 0.29) is 12.0 Å². The molecule has 9 nitrogen and oxygen atoms in total. The average molecular weight is 319 g/mol. The van der Waals surface area contributed by atoms with Crippen molar-refractivity contribution >= 4 is 5.91 Å². The largest absolute Gasteiger partial charge is 0.366 e. The first-order valence-electron chi connectivity index (χ1n) is 7.91. The van der Waals surface area contributed by atoms with E-state index in [0.717, 1.165) is 18.7 Å². The zero-order chi connectivity index (χ0) is 16.1. The number of carbonyl (C=O) groups excluding carboxylic acids is 1. The zero-order valence-corrected chi connectivity index (χ0v) is 13.2. The third-order valence-corrected chi connectivity index (χ3v) is 3.77. The molecule has 1 aliphatic heterocycles. The average Bonchev–Trinajstić information content (AvgIpc) is 3.25. The molecule has 2 aromatic rings. The lowest BCUT2D eigenvalue weighted by atomic mass is 10.2. The fourth-order valence-corrected chi connectivity index (χ4v) is 2.55. The summed E-state index contributed by atoms with van der Waals surface area (Å²) in [6.07, 6.45) is 5.35. The molecule has 3 heterocycles. The summed E-state index contributed by atoms with van der Waals surface area (Å²) in [7, 11) is 0. The monoisotopic (exact) mass is 319 g/mol. The first-order chi connectivity index (χ1) is 11.3. The van der Waals surface area contributed by atoms with Gasteiger partial charge in [-0.2, -0.15) is 5.10 Å². The molecule has 1 N–H and O–H groups in total. The second kappa shape index (κ2) is 7.32. The number of H-pyrrole nitrogens is 1. The van der Waals surface area contributed by atoms with Gasteiger partial charge in [-0.15, -0.1) is 5.10 Å². The molecule has 0 unspecified atom stereocenters. The normalized spacial score (nSPS) is 18.3. The fourth-order valence-electron chi connectivity index (χ4n) is 2.55. The SMILES string of the molecule is CCCc1nc([C@H]2CN(C(=O)CCn3ccnn3)CCO2)n[nH]1. The Hall–Kier alpha value is -2.29. The van der Waals surface area contributed by atoms with Crippen LogP contribution in [0.15, 0.2) is 12.4 Å². The number of aromatic amines is 1. The van der Waals surface area contributed by atoms with E-state index in [2.05, 4.69) is 32.4 Å². The minimum atomic E-state index is -0.263. The molecule has 1 aliphatic rings. The number of aromatic nitrogens is 6. The summed E-state index contributed by atoms with van der Waals surface area (Å²) >= 11 is 0. The summed E-state index contributed by atoms with van der Waals surface area (Å²) < 4.78 is 7.37. The van der Waals surface area contributed by atoms with E-state index in [0.29, 0.717) is 38.5 Å². The van der Waals surface area contributed by atoms with Crippen LogP contribution in [0.5, 0.6) is 0 Å². The Kier molecular flexibility index (Phi) is 4.96. The van der Waals surface area contributed by atoms with Gasteiger partial charge in [0.2, 0.25) is 5.91 Å². The first-order valence-corrected chi connectivity index (χ1v) is 7.91. The van der Waals surface area contributed by atoms with Gasteiger partial charge in [-0.25, -0.2) is 4.98 Å². The van der Waals surface area contributed by atoms with Crippen LogP contribution in [0.2, 0.25) is 0 Å². The van der Waals surface area contributed by atoms with Crippen molar-refractivity contribution in [2.24, 2.45) is 0 Å². The molecule has 1 saturated heterocycles. The summed E-state index contributed by atoms with van der Waals surface area (Å²) in [5, 5.41) is 14.7. The minimum Gasteiger partial charge on any atom is -0.366 e. The number of hydrogen-bond donors (Lipinski definition) is 1. The van der Waals surface area contributed by atoms with Gasteiger partial charge in [0.15, 0.2) is 5.82 Å². The van der Waals surface area contributed by atoms with Gasteiger partial charge in [0.25, 0.3) is 0 Å². The van der Waals surface area contributed by atoms with Crippen LogP contribution in [0.4, 0.5) is 0 Å². The smallest absolute Gasteiger partial charge is 0.224 e. The van der Waals surface area contributed by atoms with Gasteiger partial charge >= 0.3 is 0 Å². The van der Waals surface area contributed by atoms with Crippen LogP contribution in [0, 0.1) is 0 Å². The van der Waals surface area contributed by atoms with Crippen LogP contribution in [0.25, 0.3) is 0 Å². The van der Waals surface area contributed by atoms with E-state index in [1.54, 1.807) is 22.0 Å². The van der Waals surface area contributed by atoms with Gasteiger partial charge in [-0.05, 0) is 6.42 Å². The molecule has 1 atom stereocenters. The van der Waals surface area contributed by atoms with Crippen LogP contribution >= 0.6 is 0 Å². The van der Waals surface area contributed by atoms with Crippen LogP contribution in [0.3, 0.4) is 0 Å². The third-order valence-electron chi connectivity index (χ3n) is 3.77. The molecule has 2 aromatic heterocycles. The lowest BCUT2D eigenvalue weighted by molar-refractivity contribution is -0.139. The number of aryl methyl sites for hydroxylation is 2. The van der Waals surface area contributed by atoms with Gasteiger partial charge in [0.1, 0.15) is 11.9 Å². The third kappa shape index (κ3) is 3.92. The summed E-state index contributed by atoms with van der Waals surface area (Å²) in [5.74, 6) is 1.57. The van der Waals surface area contributed by atoms with Crippen LogP contribution < -0.4 is 0 Å². The molecule has 0 aromatic carbocycles. The van der Waals surface area contributed by atoms with Crippen molar-refractivity contribution in [3.05, 3.63) is 24.0 Å². The van der Waals surface area contributed by atoms with E-state index >= 15 is 0 Å². The molecule has 0 spiro atoms. The molecule has 23 heavy (non-hydrogen) atoms. The lowest BCUT2D eigenvalue weighted by Gasteiger charge is -2.31. The standard InChI is InChI=1S/C14H21N7O2/c1-2-3-12-16-14(18-17-12)11-10-20(8-9-23-11)13(22)4-6-21-7-5-15-19-21/h5,7,11H,2-4,6,8-10H2,1H3,(H,16,17,18)/t11-/m1/s1. The van der Waals surface area contributed by atoms with E-state index in [1.807, 2.05) is 0 Å². The molecule has 0 bridgehead atoms. The van der Waals surface area contributed by atoms with E-state index in [4.69, 9.17) is 4.74 Å². The number of amides is 1. The van der Waals surface area contributed by atoms with Crippen molar-refractivity contribution in [3.8, 4) is 0 Å². The van der Waals surface area contributed by atoms with Crippen molar-refractivity contribution in [3.63, 3.8) is 0 Å². The van der Waals surface area contributed by atoms with Gasteiger partial charge in [-0.1, -0.05) is 12.1 Å². The van der Waals surface area contributed by atoms with Crippen molar-refractivity contribution < 1.29 is 9.53 Å². The Labute approximate surface area is 134 Å². The van der Waals surface area contributed by atoms with Crippen LogP contribution in [0.1, 0.15) is 37.5 Å². The number of rotatable bonds is 6. The highest BCUT2D eigenvalue weighted by Gasteiger charge is 2.27. The van der Waals surface area contributed by atoms with E-state index in [1.165, 1.54) is 0 Å². The van der Waals surface area contributed by atoms with Crippen LogP contribution in [-0.2, 0) is 22.5 Å². The molecular formula is C14H21N7O2. The molecule has 124 valence electrons. The fraction of sp³-hybridized carbons (Fsp3) is 0.643. The molecule has 9 heteroatoms. The maximum Gasteiger partial charge on any atom is 0.224 e. The molecule has 0 aliphatic carbocycles. The Morgan fingerprint density at radius 1 is 1.52 bits per heavy atom. The minimum absolute atomic E-state index is 0.0816. The molecule has 0 radical (unpaired) electrons. The van der Waals surface area contributed by atoms with E-state index in [9.17, 15) is 4.79 Å². The van der Waals surface area contributed by atoms with Crippen molar-refractivity contribution in [1.82, 2.24) is 35.1 Å². The van der Waals surface area contributed by atoms with Gasteiger partial charge in [0.05, 0.1) is 25.9 Å². The van der Waals surface area contributed by atoms with Gasteiger partial charge < -0.3 is 9.64 Å². The summed E-state index contributed by atoms with van der Waals surface area (Å²) in [6.45, 7) is 4.20. The topological polar surface area (TPSA) is 102 Å². The molecule has 1 amide bonds. The Morgan fingerprint density at radius 2 is 2.43 bits per heavy atom. The van der Waals surface area contributed by atoms with Gasteiger partial charge in [0, 0.05) is 25.6 Å². The number of hydrogen-bond acceptors (Lipinski definition) is 6. The maximum atomic E-state index is 12.3. The van der Waals surface area contributed by atoms with Crippen molar-refractivity contribution in [2.45, 2.75) is 38.8 Å². The Bertz CT molecular complexity index is 625. The second-order valence-corrected chi connectivity index (χ2v) is 5.51. The Balaban J connectivity index is 1.55. The molecular weight excluding hydrogens is 298 g/mol. The highest BCUT2D eigenvalue weighted by atomic mass is 16.5. The van der Waals surface area contributed by atoms with Crippen molar-refractivity contribution in [1.29, 1.82) is 0 Å². The van der Waals surface area contributed by atoms with Crippen LogP contribution in [-0.4, -0.2) is 60.7 Å². The zero-order valence-electron chi connectivity index (χ0n) is 13.2. The second-order valence-electron chi connectivity index (χ2n) is 5.51. The number of nitrogens with zero attached hydrogens (tertiary/aromatic N) is 6. The van der Waals surface area contributed by atoms with Crippen molar-refractivity contribution in [2.75, 3.05) is 19.7 Å².